The number of benzene rings is 1. The molecule has 1 fully saturated rings. The molecule has 0 spiro atoms. The van der Waals surface area contributed by atoms with E-state index in [2.05, 4.69) is 24.3 Å². The highest BCUT2D eigenvalue weighted by atomic mass is 35.5. The highest BCUT2D eigenvalue weighted by Gasteiger charge is 2.25. The van der Waals surface area contributed by atoms with Crippen molar-refractivity contribution in [3.05, 3.63) is 45.9 Å². The van der Waals surface area contributed by atoms with Crippen LogP contribution < -0.4 is 10.1 Å². The fourth-order valence-electron chi connectivity index (χ4n) is 4.77. The van der Waals surface area contributed by atoms with Crippen LogP contribution in [0.2, 0.25) is 5.02 Å². The van der Waals surface area contributed by atoms with E-state index in [1.165, 1.54) is 0 Å². The molecule has 0 saturated carbocycles. The first-order valence-corrected chi connectivity index (χ1v) is 12.8. The molecule has 4 rings (SSSR count). The van der Waals surface area contributed by atoms with E-state index in [9.17, 15) is 5.11 Å². The molecule has 1 aliphatic rings. The summed E-state index contributed by atoms with van der Waals surface area (Å²) in [6, 6.07) is 5.53. The van der Waals surface area contributed by atoms with Crippen molar-refractivity contribution in [1.82, 2.24) is 20.4 Å². The van der Waals surface area contributed by atoms with E-state index < -0.39 is 6.10 Å². The summed E-state index contributed by atoms with van der Waals surface area (Å²) < 4.78 is 17.1. The maximum Gasteiger partial charge on any atom is 0.161 e. The molecule has 3 heterocycles. The number of ether oxygens (including phenoxy) is 2. The maximum atomic E-state index is 10.0. The Balaban J connectivity index is 1.76. The number of aryl methyl sites for hydroxylation is 2. The zero-order valence-electron chi connectivity index (χ0n) is 21.6. The van der Waals surface area contributed by atoms with Crippen molar-refractivity contribution >= 4 is 11.6 Å². The molecular formula is C27H35ClN4O4. The summed E-state index contributed by atoms with van der Waals surface area (Å²) >= 11 is 6.80. The van der Waals surface area contributed by atoms with Gasteiger partial charge in [0.1, 0.15) is 24.2 Å². The second kappa shape index (κ2) is 11.7. The topological polar surface area (TPSA) is 103 Å². The standard InChI is InChI=1S/C27H35ClN4O4/c1-15-11-19(9-10-34-15)12-22-16(2)26(24-17(3)32-36-18(24)4)31-27(30-22)21-7-6-8-23(25(21)28)35-14-20(33)13-29-5/h6-8,15,19-20,29,33H,9-14H2,1-5H3. The summed E-state index contributed by atoms with van der Waals surface area (Å²) in [4.78, 5) is 9.98. The lowest BCUT2D eigenvalue weighted by molar-refractivity contribution is 0.00262. The van der Waals surface area contributed by atoms with Crippen LogP contribution in [0.4, 0.5) is 0 Å². The Hall–Kier alpha value is -2.52. The Morgan fingerprint density at radius 1 is 1.25 bits per heavy atom. The zero-order valence-corrected chi connectivity index (χ0v) is 22.4. The van der Waals surface area contributed by atoms with E-state index in [1.54, 1.807) is 13.1 Å². The Bertz CT molecular complexity index is 1180. The lowest BCUT2D eigenvalue weighted by Gasteiger charge is -2.27. The second-order valence-corrected chi connectivity index (χ2v) is 9.96. The average molecular weight is 515 g/mol. The molecule has 1 aromatic carbocycles. The van der Waals surface area contributed by atoms with Gasteiger partial charge in [-0.25, -0.2) is 9.97 Å². The van der Waals surface area contributed by atoms with Gasteiger partial charge in [0.2, 0.25) is 0 Å². The normalized spacial score (nSPS) is 18.9. The minimum atomic E-state index is -0.648. The number of aliphatic hydroxyl groups excluding tert-OH is 1. The number of nitrogens with zero attached hydrogens (tertiary/aromatic N) is 3. The lowest BCUT2D eigenvalue weighted by atomic mass is 9.89. The van der Waals surface area contributed by atoms with Gasteiger partial charge < -0.3 is 24.4 Å². The van der Waals surface area contributed by atoms with Crippen molar-refractivity contribution in [1.29, 1.82) is 0 Å². The summed E-state index contributed by atoms with van der Waals surface area (Å²) in [6.45, 7) is 9.32. The fourth-order valence-corrected chi connectivity index (χ4v) is 5.04. The van der Waals surface area contributed by atoms with Gasteiger partial charge >= 0.3 is 0 Å². The van der Waals surface area contributed by atoms with Crippen LogP contribution in [-0.2, 0) is 11.2 Å². The number of likely N-dealkylation sites (N-methyl/N-ethyl adjacent to an activating group) is 1. The van der Waals surface area contributed by atoms with E-state index in [0.717, 1.165) is 54.1 Å². The van der Waals surface area contributed by atoms with E-state index in [-0.39, 0.29) is 12.7 Å². The van der Waals surface area contributed by atoms with E-state index >= 15 is 0 Å². The third kappa shape index (κ3) is 5.89. The first-order valence-electron chi connectivity index (χ1n) is 12.4. The molecule has 1 saturated heterocycles. The predicted octanol–water partition coefficient (Wildman–Crippen LogP) is 4.69. The van der Waals surface area contributed by atoms with Gasteiger partial charge in [-0.2, -0.15) is 0 Å². The fraction of sp³-hybridized carbons (Fsp3) is 0.519. The van der Waals surface area contributed by atoms with E-state index in [0.29, 0.717) is 40.4 Å². The van der Waals surface area contributed by atoms with E-state index in [1.807, 2.05) is 26.0 Å². The number of rotatable bonds is 9. The van der Waals surface area contributed by atoms with Crippen LogP contribution in [-0.4, -0.2) is 59.2 Å². The molecule has 8 nitrogen and oxygen atoms in total. The number of aromatic nitrogens is 3. The number of nitrogens with one attached hydrogen (secondary N) is 1. The van der Waals surface area contributed by atoms with Crippen molar-refractivity contribution in [2.75, 3.05) is 26.8 Å². The number of halogens is 1. The smallest absolute Gasteiger partial charge is 0.161 e. The van der Waals surface area contributed by atoms with Gasteiger partial charge in [0, 0.05) is 24.4 Å². The first kappa shape index (κ1) is 26.5. The SMILES string of the molecule is CNCC(O)COc1cccc(-c2nc(CC3CCOC(C)C3)c(C)c(-c3c(C)noc3C)n2)c1Cl. The van der Waals surface area contributed by atoms with Crippen LogP contribution in [0.3, 0.4) is 0 Å². The van der Waals surface area contributed by atoms with Crippen LogP contribution in [0.25, 0.3) is 22.6 Å². The number of hydrogen-bond acceptors (Lipinski definition) is 8. The molecule has 3 unspecified atom stereocenters. The molecule has 194 valence electrons. The highest BCUT2D eigenvalue weighted by molar-refractivity contribution is 6.34. The molecule has 36 heavy (non-hydrogen) atoms. The Morgan fingerprint density at radius 3 is 2.75 bits per heavy atom. The maximum absolute atomic E-state index is 10.0. The van der Waals surface area contributed by atoms with Crippen molar-refractivity contribution < 1.29 is 19.1 Å². The summed E-state index contributed by atoms with van der Waals surface area (Å²) in [5, 5.41) is 17.5. The average Bonchev–Trinajstić information content (AvgIpc) is 3.18. The van der Waals surface area contributed by atoms with Gasteiger partial charge in [-0.1, -0.05) is 22.8 Å². The third-order valence-corrected chi connectivity index (χ3v) is 7.06. The van der Waals surface area contributed by atoms with Gasteiger partial charge in [-0.3, -0.25) is 0 Å². The molecular weight excluding hydrogens is 480 g/mol. The highest BCUT2D eigenvalue weighted by Crippen LogP contribution is 2.37. The molecule has 1 aliphatic heterocycles. The van der Waals surface area contributed by atoms with Gasteiger partial charge in [0.25, 0.3) is 0 Å². The van der Waals surface area contributed by atoms with Crippen LogP contribution in [0.15, 0.2) is 22.7 Å². The lowest BCUT2D eigenvalue weighted by Crippen LogP contribution is -2.29. The van der Waals surface area contributed by atoms with Crippen LogP contribution in [0.1, 0.15) is 42.5 Å². The Morgan fingerprint density at radius 2 is 2.06 bits per heavy atom. The van der Waals surface area contributed by atoms with Crippen molar-refractivity contribution in [3.63, 3.8) is 0 Å². The zero-order chi connectivity index (χ0) is 25.8. The van der Waals surface area contributed by atoms with E-state index in [4.69, 9.17) is 35.6 Å². The summed E-state index contributed by atoms with van der Waals surface area (Å²) in [5.41, 5.74) is 5.15. The monoisotopic (exact) mass is 514 g/mol. The Kier molecular flexibility index (Phi) is 8.62. The van der Waals surface area contributed by atoms with Crippen molar-refractivity contribution in [2.24, 2.45) is 5.92 Å². The van der Waals surface area contributed by atoms with Gasteiger partial charge in [-0.15, -0.1) is 0 Å². The van der Waals surface area contributed by atoms with Crippen LogP contribution in [0.5, 0.6) is 5.75 Å². The largest absolute Gasteiger partial charge is 0.489 e. The number of aliphatic hydroxyl groups is 1. The second-order valence-electron chi connectivity index (χ2n) is 9.58. The van der Waals surface area contributed by atoms with Crippen molar-refractivity contribution in [3.8, 4) is 28.4 Å². The van der Waals surface area contributed by atoms with Gasteiger partial charge in [-0.05, 0) is 77.6 Å². The molecule has 0 bridgehead atoms. The molecule has 0 aliphatic carbocycles. The van der Waals surface area contributed by atoms with Gasteiger partial charge in [0.15, 0.2) is 5.82 Å². The minimum absolute atomic E-state index is 0.121. The van der Waals surface area contributed by atoms with Crippen LogP contribution >= 0.6 is 11.6 Å². The molecule has 0 amide bonds. The minimum Gasteiger partial charge on any atom is -0.489 e. The summed E-state index contributed by atoms with van der Waals surface area (Å²) in [6.07, 6.45) is 2.43. The molecule has 2 aromatic heterocycles. The predicted molar refractivity (Wildman–Crippen MR) is 139 cm³/mol. The first-order chi connectivity index (χ1) is 17.3. The summed E-state index contributed by atoms with van der Waals surface area (Å²) in [5.74, 6) is 2.20. The Labute approximate surface area is 217 Å². The number of hydrogen-bond donors (Lipinski definition) is 2. The molecule has 3 atom stereocenters. The third-order valence-electron chi connectivity index (χ3n) is 6.67. The quantitative estimate of drug-likeness (QED) is 0.424. The van der Waals surface area contributed by atoms with Gasteiger partial charge in [0.05, 0.1) is 28.1 Å². The summed E-state index contributed by atoms with van der Waals surface area (Å²) in [7, 11) is 1.78. The molecule has 2 N–H and O–H groups in total. The molecule has 0 radical (unpaired) electrons. The molecule has 9 heteroatoms. The van der Waals surface area contributed by atoms with Crippen molar-refractivity contribution in [2.45, 2.75) is 59.2 Å². The van der Waals surface area contributed by atoms with Crippen LogP contribution in [0, 0.1) is 26.7 Å². The molecule has 3 aromatic rings.